The Kier molecular flexibility index (Phi) is 6.90. The first-order chi connectivity index (χ1) is 16.1. The molecule has 33 heavy (non-hydrogen) atoms. The second-order valence-electron chi connectivity index (χ2n) is 8.22. The second kappa shape index (κ2) is 10.0. The zero-order valence-corrected chi connectivity index (χ0v) is 20.0. The molecule has 1 atom stereocenters. The van der Waals surface area contributed by atoms with Gasteiger partial charge >= 0.3 is 0 Å². The number of hydrogen-bond donors (Lipinski definition) is 1. The first kappa shape index (κ1) is 22.7. The molecule has 0 bridgehead atoms. The summed E-state index contributed by atoms with van der Waals surface area (Å²) < 4.78 is 2.22. The summed E-state index contributed by atoms with van der Waals surface area (Å²) >= 11 is 5.34. The fraction of sp³-hybridized carbons (Fsp3) is 0.214. The van der Waals surface area contributed by atoms with Gasteiger partial charge in [-0.1, -0.05) is 97.9 Å². The van der Waals surface area contributed by atoms with Gasteiger partial charge in [0.2, 0.25) is 0 Å². The van der Waals surface area contributed by atoms with Crippen molar-refractivity contribution in [1.82, 2.24) is 14.5 Å². The van der Waals surface area contributed by atoms with E-state index in [2.05, 4.69) is 116 Å². The van der Waals surface area contributed by atoms with Crippen LogP contribution >= 0.6 is 12.2 Å². The Bertz CT molecular complexity index is 1080. The zero-order valence-electron chi connectivity index (χ0n) is 19.1. The van der Waals surface area contributed by atoms with E-state index < -0.39 is 5.54 Å². The maximum absolute atomic E-state index is 6.05. The number of thiocarbonyl (C=S) groups is 1. The number of benzene rings is 3. The van der Waals surface area contributed by atoms with Crippen molar-refractivity contribution < 1.29 is 0 Å². The highest BCUT2D eigenvalue weighted by Gasteiger charge is 2.38. The molecule has 0 spiro atoms. The van der Waals surface area contributed by atoms with Crippen molar-refractivity contribution in [3.63, 3.8) is 0 Å². The van der Waals surface area contributed by atoms with Crippen LogP contribution in [0.1, 0.15) is 48.7 Å². The molecular formula is C28H30N4S. The summed E-state index contributed by atoms with van der Waals surface area (Å²) in [7, 11) is 0. The summed E-state index contributed by atoms with van der Waals surface area (Å²) in [4.78, 5) is 6.89. The average Bonchev–Trinajstić information content (AvgIpc) is 3.35. The van der Waals surface area contributed by atoms with E-state index in [1.807, 2.05) is 11.2 Å². The summed E-state index contributed by atoms with van der Waals surface area (Å²) in [6, 6.07) is 31.8. The molecule has 0 aliphatic heterocycles. The average molecular weight is 455 g/mol. The van der Waals surface area contributed by atoms with Crippen molar-refractivity contribution in [1.29, 1.82) is 0 Å². The third kappa shape index (κ3) is 4.29. The fourth-order valence-electron chi connectivity index (χ4n) is 4.62. The Morgan fingerprint density at radius 1 is 0.909 bits per heavy atom. The number of nitrogens with zero attached hydrogens (tertiary/aromatic N) is 3. The summed E-state index contributed by atoms with van der Waals surface area (Å²) in [6.07, 6.45) is 5.03. The lowest BCUT2D eigenvalue weighted by Crippen LogP contribution is -2.38. The molecular weight excluding hydrogens is 424 g/mol. The molecule has 3 aromatic carbocycles. The number of rotatable bonds is 8. The van der Waals surface area contributed by atoms with Crippen LogP contribution in [0.4, 0.5) is 0 Å². The highest BCUT2D eigenvalue weighted by atomic mass is 32.1. The summed E-state index contributed by atoms with van der Waals surface area (Å²) in [6.45, 7) is 5.03. The first-order valence-electron chi connectivity index (χ1n) is 11.4. The van der Waals surface area contributed by atoms with E-state index in [9.17, 15) is 0 Å². The van der Waals surface area contributed by atoms with E-state index in [1.165, 1.54) is 16.7 Å². The molecule has 0 aliphatic carbocycles. The van der Waals surface area contributed by atoms with Crippen LogP contribution in [0.2, 0.25) is 0 Å². The number of nitrogens with two attached hydrogens (primary N) is 1. The predicted molar refractivity (Wildman–Crippen MR) is 139 cm³/mol. The summed E-state index contributed by atoms with van der Waals surface area (Å²) in [5.41, 5.74) is 9.90. The molecule has 168 valence electrons. The minimum Gasteiger partial charge on any atom is -0.376 e. The van der Waals surface area contributed by atoms with Gasteiger partial charge in [-0.05, 0) is 42.3 Å². The molecule has 1 aromatic heterocycles. The van der Waals surface area contributed by atoms with Gasteiger partial charge in [-0.25, -0.2) is 4.98 Å². The van der Waals surface area contributed by atoms with Crippen molar-refractivity contribution in [3.05, 3.63) is 126 Å². The number of hydrogen-bond acceptors (Lipinski definition) is 2. The van der Waals surface area contributed by atoms with Crippen molar-refractivity contribution in [2.45, 2.75) is 31.8 Å². The Morgan fingerprint density at radius 2 is 1.36 bits per heavy atom. The molecule has 0 amide bonds. The molecule has 2 N–H and O–H groups in total. The lowest BCUT2D eigenvalue weighted by atomic mass is 9.77. The van der Waals surface area contributed by atoms with Crippen molar-refractivity contribution in [3.8, 4) is 0 Å². The highest BCUT2D eigenvalue weighted by Crippen LogP contribution is 2.41. The van der Waals surface area contributed by atoms with E-state index in [4.69, 9.17) is 22.9 Å². The second-order valence-corrected chi connectivity index (χ2v) is 8.64. The van der Waals surface area contributed by atoms with Crippen LogP contribution in [0.15, 0.2) is 104 Å². The van der Waals surface area contributed by atoms with Crippen LogP contribution in [0.3, 0.4) is 0 Å². The van der Waals surface area contributed by atoms with Gasteiger partial charge < -0.3 is 15.2 Å². The highest BCUT2D eigenvalue weighted by molar-refractivity contribution is 7.80. The topological polar surface area (TPSA) is 47.1 Å². The molecule has 0 fully saturated rings. The van der Waals surface area contributed by atoms with E-state index >= 15 is 0 Å². The molecule has 0 saturated carbocycles. The van der Waals surface area contributed by atoms with Gasteiger partial charge in [0.25, 0.3) is 0 Å². The van der Waals surface area contributed by atoms with Crippen LogP contribution < -0.4 is 5.73 Å². The van der Waals surface area contributed by atoms with Crippen LogP contribution in [-0.4, -0.2) is 26.1 Å². The molecule has 4 aromatic rings. The third-order valence-electron chi connectivity index (χ3n) is 6.21. The minimum absolute atomic E-state index is 0.0243. The standard InChI is InChI=1S/C28H30N4S/c1-3-19-32(27(29)33)22(2)26-20-31(21-30-26)28(23-13-7-4-8-14-23,24-15-9-5-10-16-24)25-17-11-6-12-18-25/h4-18,20-22H,3,19H2,1-2H3,(H2,29,33). The lowest BCUT2D eigenvalue weighted by Gasteiger charge is -2.37. The van der Waals surface area contributed by atoms with E-state index in [0.29, 0.717) is 5.11 Å². The van der Waals surface area contributed by atoms with E-state index in [1.54, 1.807) is 0 Å². The van der Waals surface area contributed by atoms with Gasteiger partial charge in [0.1, 0.15) is 5.54 Å². The summed E-state index contributed by atoms with van der Waals surface area (Å²) in [5.74, 6) is 0. The molecule has 4 rings (SSSR count). The third-order valence-corrected chi connectivity index (χ3v) is 6.44. The fourth-order valence-corrected chi connectivity index (χ4v) is 4.87. The smallest absolute Gasteiger partial charge is 0.166 e. The molecule has 4 nitrogen and oxygen atoms in total. The molecule has 0 aliphatic rings. The molecule has 1 heterocycles. The van der Waals surface area contributed by atoms with Crippen molar-refractivity contribution in [2.75, 3.05) is 6.54 Å². The quantitative estimate of drug-likeness (QED) is 0.272. The van der Waals surface area contributed by atoms with Crippen LogP contribution in [0.25, 0.3) is 0 Å². The maximum atomic E-state index is 6.05. The Morgan fingerprint density at radius 3 is 1.76 bits per heavy atom. The Balaban J connectivity index is 1.95. The minimum atomic E-state index is -0.576. The van der Waals surface area contributed by atoms with Crippen LogP contribution in [0.5, 0.6) is 0 Å². The molecule has 0 saturated heterocycles. The van der Waals surface area contributed by atoms with Gasteiger partial charge in [-0.3, -0.25) is 0 Å². The lowest BCUT2D eigenvalue weighted by molar-refractivity contribution is 0.333. The SMILES string of the molecule is CCCN(C(N)=S)C(C)c1cn(C(c2ccccc2)(c2ccccc2)c2ccccc2)cn1. The normalized spacial score (nSPS) is 12.3. The predicted octanol–water partition coefficient (Wildman–Crippen LogP) is 5.74. The Hall–Kier alpha value is -3.44. The van der Waals surface area contributed by atoms with Gasteiger partial charge in [0, 0.05) is 12.7 Å². The van der Waals surface area contributed by atoms with E-state index in [0.717, 1.165) is 18.7 Å². The maximum Gasteiger partial charge on any atom is 0.166 e. The van der Waals surface area contributed by atoms with Crippen LogP contribution in [0, 0.1) is 0 Å². The van der Waals surface area contributed by atoms with Gasteiger partial charge in [0.05, 0.1) is 18.1 Å². The summed E-state index contributed by atoms with van der Waals surface area (Å²) in [5, 5.41) is 0.402. The monoisotopic (exact) mass is 454 g/mol. The van der Waals surface area contributed by atoms with E-state index in [-0.39, 0.29) is 6.04 Å². The Labute approximate surface area is 201 Å². The number of imidazole rings is 1. The largest absolute Gasteiger partial charge is 0.376 e. The van der Waals surface area contributed by atoms with Gasteiger partial charge in [-0.2, -0.15) is 0 Å². The van der Waals surface area contributed by atoms with Gasteiger partial charge in [-0.15, -0.1) is 0 Å². The molecule has 5 heteroatoms. The molecule has 1 unspecified atom stereocenters. The van der Waals surface area contributed by atoms with Crippen molar-refractivity contribution in [2.24, 2.45) is 5.73 Å². The zero-order chi connectivity index (χ0) is 23.3. The van der Waals surface area contributed by atoms with Crippen LogP contribution in [-0.2, 0) is 5.54 Å². The first-order valence-corrected chi connectivity index (χ1v) is 11.8. The van der Waals surface area contributed by atoms with Crippen molar-refractivity contribution >= 4 is 17.3 Å². The van der Waals surface area contributed by atoms with Gasteiger partial charge in [0.15, 0.2) is 5.11 Å². The number of aromatic nitrogens is 2. The molecule has 0 radical (unpaired) electrons.